The number of nitriles is 1. The molecule has 2 rings (SSSR count). The van der Waals surface area contributed by atoms with Crippen molar-refractivity contribution in [3.05, 3.63) is 29.8 Å². The number of ether oxygens (including phenoxy) is 1. The smallest absolute Gasteiger partial charge is 0.142 e. The summed E-state index contributed by atoms with van der Waals surface area (Å²) >= 11 is 0. The molecule has 1 aromatic carbocycles. The van der Waals surface area contributed by atoms with Crippen LogP contribution >= 0.6 is 0 Å². The van der Waals surface area contributed by atoms with Gasteiger partial charge in [0.2, 0.25) is 0 Å². The van der Waals surface area contributed by atoms with Crippen molar-refractivity contribution >= 4 is 0 Å². The number of hydrogen-bond donors (Lipinski definition) is 0. The molecule has 0 atom stereocenters. The largest absolute Gasteiger partial charge is 0.478 e. The molecule has 1 aliphatic heterocycles. The highest BCUT2D eigenvalue weighted by molar-refractivity contribution is 5.36. The highest BCUT2D eigenvalue weighted by atomic mass is 16.5. The van der Waals surface area contributed by atoms with Gasteiger partial charge in [-0.2, -0.15) is 5.26 Å². The molecular formula is C13H16N2O. The van der Waals surface area contributed by atoms with Gasteiger partial charge in [-0.05, 0) is 31.0 Å². The molecule has 1 aromatic rings. The first kappa shape index (κ1) is 11.0. The lowest BCUT2D eigenvalue weighted by Crippen LogP contribution is -2.33. The lowest BCUT2D eigenvalue weighted by molar-refractivity contribution is 0.106. The van der Waals surface area contributed by atoms with E-state index in [-0.39, 0.29) is 0 Å². The van der Waals surface area contributed by atoms with E-state index in [1.807, 2.05) is 12.1 Å². The lowest BCUT2D eigenvalue weighted by atomic mass is 10.1. The second-order valence-corrected chi connectivity index (χ2v) is 4.09. The summed E-state index contributed by atoms with van der Waals surface area (Å²) in [5.41, 5.74) is 0.649. The Bertz CT molecular complexity index is 378. The number of likely N-dealkylation sites (tertiary alicyclic amines) is 1. The van der Waals surface area contributed by atoms with Crippen molar-refractivity contribution < 1.29 is 4.74 Å². The van der Waals surface area contributed by atoms with Gasteiger partial charge >= 0.3 is 0 Å². The van der Waals surface area contributed by atoms with Crippen molar-refractivity contribution in [3.63, 3.8) is 0 Å². The normalized spacial score (nSPS) is 16.7. The fourth-order valence-corrected chi connectivity index (χ4v) is 1.91. The first-order valence-electron chi connectivity index (χ1n) is 5.74. The van der Waals surface area contributed by atoms with E-state index < -0.39 is 0 Å². The van der Waals surface area contributed by atoms with Crippen LogP contribution in [0.4, 0.5) is 0 Å². The molecule has 84 valence electrons. The van der Waals surface area contributed by atoms with E-state index in [1.54, 1.807) is 12.1 Å². The summed E-state index contributed by atoms with van der Waals surface area (Å²) in [6, 6.07) is 9.42. The molecule has 0 spiro atoms. The number of nitrogens with zero attached hydrogens (tertiary/aromatic N) is 2. The first-order chi connectivity index (χ1) is 7.88. The van der Waals surface area contributed by atoms with Gasteiger partial charge in [0.15, 0.2) is 0 Å². The predicted molar refractivity (Wildman–Crippen MR) is 62.1 cm³/mol. The number of piperidine rings is 1. The Balaban J connectivity index is 1.86. The molecule has 0 bridgehead atoms. The fourth-order valence-electron chi connectivity index (χ4n) is 1.91. The van der Waals surface area contributed by atoms with Crippen molar-refractivity contribution in [2.45, 2.75) is 19.3 Å². The maximum absolute atomic E-state index is 8.76. The third-order valence-corrected chi connectivity index (χ3v) is 2.83. The van der Waals surface area contributed by atoms with Crippen molar-refractivity contribution in [1.82, 2.24) is 4.90 Å². The molecule has 0 unspecified atom stereocenters. The van der Waals surface area contributed by atoms with Gasteiger partial charge in [-0.15, -0.1) is 0 Å². The third-order valence-electron chi connectivity index (χ3n) is 2.83. The van der Waals surface area contributed by atoms with Gasteiger partial charge in [-0.25, -0.2) is 0 Å². The summed E-state index contributed by atoms with van der Waals surface area (Å²) < 4.78 is 5.66. The monoisotopic (exact) mass is 216 g/mol. The molecule has 0 radical (unpaired) electrons. The van der Waals surface area contributed by atoms with Crippen LogP contribution in [0.25, 0.3) is 0 Å². The van der Waals surface area contributed by atoms with Crippen LogP contribution in [-0.2, 0) is 0 Å². The molecule has 3 heteroatoms. The van der Waals surface area contributed by atoms with Crippen LogP contribution in [0.5, 0.6) is 5.75 Å². The van der Waals surface area contributed by atoms with Crippen LogP contribution < -0.4 is 4.74 Å². The Morgan fingerprint density at radius 3 is 2.81 bits per heavy atom. The number of rotatable bonds is 3. The van der Waals surface area contributed by atoms with Gasteiger partial charge in [0.1, 0.15) is 12.5 Å². The minimum atomic E-state index is 0.634. The zero-order chi connectivity index (χ0) is 11.2. The van der Waals surface area contributed by atoms with Crippen LogP contribution in [0.2, 0.25) is 0 Å². The maximum Gasteiger partial charge on any atom is 0.142 e. The Morgan fingerprint density at radius 1 is 1.25 bits per heavy atom. The zero-order valence-electron chi connectivity index (χ0n) is 9.35. The highest BCUT2D eigenvalue weighted by Gasteiger charge is 2.09. The topological polar surface area (TPSA) is 36.3 Å². The van der Waals surface area contributed by atoms with Gasteiger partial charge in [-0.3, -0.25) is 4.90 Å². The predicted octanol–water partition coefficient (Wildman–Crippen LogP) is 2.38. The molecule has 1 heterocycles. The minimum Gasteiger partial charge on any atom is -0.478 e. The second-order valence-electron chi connectivity index (χ2n) is 4.09. The summed E-state index contributed by atoms with van der Waals surface area (Å²) in [6.07, 6.45) is 3.86. The molecule has 16 heavy (non-hydrogen) atoms. The Kier molecular flexibility index (Phi) is 3.79. The summed E-state index contributed by atoms with van der Waals surface area (Å²) in [4.78, 5) is 2.31. The van der Waals surface area contributed by atoms with E-state index in [4.69, 9.17) is 10.00 Å². The number of benzene rings is 1. The molecule has 1 saturated heterocycles. The maximum atomic E-state index is 8.76. The standard InChI is InChI=1S/C13H16N2O/c14-10-12-5-4-6-13(9-12)16-11-15-7-2-1-3-8-15/h4-6,9H,1-3,7-8,11H2. The quantitative estimate of drug-likeness (QED) is 0.778. The Hall–Kier alpha value is -1.53. The van der Waals surface area contributed by atoms with Crippen LogP contribution in [0.3, 0.4) is 0 Å². The first-order valence-corrected chi connectivity index (χ1v) is 5.74. The van der Waals surface area contributed by atoms with Crippen LogP contribution in [0, 0.1) is 11.3 Å². The summed E-state index contributed by atoms with van der Waals surface area (Å²) in [6.45, 7) is 2.88. The molecule has 0 amide bonds. The van der Waals surface area contributed by atoms with Crippen LogP contribution in [-0.4, -0.2) is 24.7 Å². The molecule has 3 nitrogen and oxygen atoms in total. The zero-order valence-corrected chi connectivity index (χ0v) is 9.35. The minimum absolute atomic E-state index is 0.634. The van der Waals surface area contributed by atoms with Crippen molar-refractivity contribution in [3.8, 4) is 11.8 Å². The van der Waals surface area contributed by atoms with Crippen LogP contribution in [0.15, 0.2) is 24.3 Å². The van der Waals surface area contributed by atoms with Crippen LogP contribution in [0.1, 0.15) is 24.8 Å². The summed E-state index contributed by atoms with van der Waals surface area (Å²) in [7, 11) is 0. The molecule has 1 fully saturated rings. The van der Waals surface area contributed by atoms with E-state index in [1.165, 1.54) is 19.3 Å². The van der Waals surface area contributed by atoms with E-state index in [2.05, 4.69) is 11.0 Å². The van der Waals surface area contributed by atoms with E-state index >= 15 is 0 Å². The van der Waals surface area contributed by atoms with E-state index in [0.717, 1.165) is 18.8 Å². The van der Waals surface area contributed by atoms with E-state index in [0.29, 0.717) is 12.3 Å². The fraction of sp³-hybridized carbons (Fsp3) is 0.462. The average molecular weight is 216 g/mol. The molecule has 0 N–H and O–H groups in total. The SMILES string of the molecule is N#Cc1cccc(OCN2CCCCC2)c1. The third kappa shape index (κ3) is 2.98. The highest BCUT2D eigenvalue weighted by Crippen LogP contribution is 2.14. The van der Waals surface area contributed by atoms with Crippen molar-refractivity contribution in [1.29, 1.82) is 5.26 Å². The lowest BCUT2D eigenvalue weighted by Gasteiger charge is -2.26. The molecule has 0 saturated carbocycles. The van der Waals surface area contributed by atoms with Gasteiger partial charge in [-0.1, -0.05) is 12.5 Å². The van der Waals surface area contributed by atoms with Gasteiger partial charge in [0.25, 0.3) is 0 Å². The van der Waals surface area contributed by atoms with E-state index in [9.17, 15) is 0 Å². The van der Waals surface area contributed by atoms with Gasteiger partial charge in [0, 0.05) is 13.1 Å². The van der Waals surface area contributed by atoms with Crippen molar-refractivity contribution in [2.75, 3.05) is 19.8 Å². The Morgan fingerprint density at radius 2 is 2.06 bits per heavy atom. The Labute approximate surface area is 96.2 Å². The molecule has 1 aliphatic rings. The summed E-state index contributed by atoms with van der Waals surface area (Å²) in [5.74, 6) is 0.782. The summed E-state index contributed by atoms with van der Waals surface area (Å²) in [5, 5.41) is 8.76. The molecular weight excluding hydrogens is 200 g/mol. The van der Waals surface area contributed by atoms with Gasteiger partial charge < -0.3 is 4.74 Å². The second kappa shape index (κ2) is 5.53. The number of hydrogen-bond acceptors (Lipinski definition) is 3. The van der Waals surface area contributed by atoms with Crippen molar-refractivity contribution in [2.24, 2.45) is 0 Å². The average Bonchev–Trinajstić information content (AvgIpc) is 2.38. The molecule has 0 aromatic heterocycles. The van der Waals surface area contributed by atoms with Gasteiger partial charge in [0.05, 0.1) is 11.6 Å². The molecule has 0 aliphatic carbocycles.